The Bertz CT molecular complexity index is 281. The lowest BCUT2D eigenvalue weighted by Gasteiger charge is -2.38. The molecule has 0 bridgehead atoms. The van der Waals surface area contributed by atoms with Gasteiger partial charge in [0.1, 0.15) is 0 Å². The van der Waals surface area contributed by atoms with Gasteiger partial charge in [-0.1, -0.05) is 0 Å². The molecule has 1 N–H and O–H groups in total. The summed E-state index contributed by atoms with van der Waals surface area (Å²) in [4.78, 5) is 0. The van der Waals surface area contributed by atoms with Crippen LogP contribution in [0.15, 0.2) is 0 Å². The second-order valence-electron chi connectivity index (χ2n) is 6.06. The first kappa shape index (κ1) is 13.2. The van der Waals surface area contributed by atoms with E-state index in [0.29, 0.717) is 6.04 Å². The minimum Gasteiger partial charge on any atom is -0.378 e. The number of nitrogens with one attached hydrogen (secondary N) is 1. The molecule has 1 saturated carbocycles. The molecule has 4 unspecified atom stereocenters. The van der Waals surface area contributed by atoms with Crippen molar-refractivity contribution in [2.75, 3.05) is 26.1 Å². The van der Waals surface area contributed by atoms with Gasteiger partial charge >= 0.3 is 0 Å². The highest BCUT2D eigenvalue weighted by molar-refractivity contribution is 7.99. The van der Waals surface area contributed by atoms with E-state index >= 15 is 0 Å². The van der Waals surface area contributed by atoms with Crippen LogP contribution in [0.3, 0.4) is 0 Å². The number of hydrogen-bond donors (Lipinski definition) is 1. The standard InChI is InChI=1S/C14H25NO2S/c1-18-13-3-2-11(8-13)15-12-4-6-17-14(9-12)5-7-16-10-14/h11-13,15H,2-10H2,1H3. The summed E-state index contributed by atoms with van der Waals surface area (Å²) in [6.45, 7) is 2.59. The van der Waals surface area contributed by atoms with Crippen molar-refractivity contribution in [1.82, 2.24) is 5.32 Å². The predicted octanol–water partition coefficient (Wildman–Crippen LogP) is 2.20. The van der Waals surface area contributed by atoms with Crippen LogP contribution in [0.5, 0.6) is 0 Å². The molecule has 18 heavy (non-hydrogen) atoms. The molecule has 3 nitrogen and oxygen atoms in total. The molecule has 1 spiro atoms. The van der Waals surface area contributed by atoms with Crippen molar-refractivity contribution in [3.8, 4) is 0 Å². The minimum absolute atomic E-state index is 0.0490. The highest BCUT2D eigenvalue weighted by Crippen LogP contribution is 2.34. The highest BCUT2D eigenvalue weighted by atomic mass is 32.2. The van der Waals surface area contributed by atoms with Crippen molar-refractivity contribution >= 4 is 11.8 Å². The van der Waals surface area contributed by atoms with E-state index in [-0.39, 0.29) is 5.60 Å². The summed E-state index contributed by atoms with van der Waals surface area (Å²) in [7, 11) is 0. The van der Waals surface area contributed by atoms with E-state index in [0.717, 1.165) is 44.0 Å². The second-order valence-corrected chi connectivity index (χ2v) is 7.20. The van der Waals surface area contributed by atoms with Gasteiger partial charge in [0.25, 0.3) is 0 Å². The summed E-state index contributed by atoms with van der Waals surface area (Å²) in [5.41, 5.74) is 0.0490. The summed E-state index contributed by atoms with van der Waals surface area (Å²) < 4.78 is 11.5. The molecule has 3 rings (SSSR count). The van der Waals surface area contributed by atoms with Gasteiger partial charge in [-0.2, -0.15) is 11.8 Å². The molecule has 4 heteroatoms. The summed E-state index contributed by atoms with van der Waals surface area (Å²) in [5, 5.41) is 4.77. The fourth-order valence-corrected chi connectivity index (χ4v) is 4.47. The molecule has 0 amide bonds. The third-order valence-corrected chi connectivity index (χ3v) is 5.84. The molecule has 0 aromatic carbocycles. The van der Waals surface area contributed by atoms with Crippen molar-refractivity contribution < 1.29 is 9.47 Å². The Hall–Kier alpha value is 0.230. The van der Waals surface area contributed by atoms with Crippen molar-refractivity contribution in [2.24, 2.45) is 0 Å². The van der Waals surface area contributed by atoms with Crippen LogP contribution in [-0.2, 0) is 9.47 Å². The Morgan fingerprint density at radius 1 is 1.17 bits per heavy atom. The van der Waals surface area contributed by atoms with E-state index < -0.39 is 0 Å². The fraction of sp³-hybridized carbons (Fsp3) is 1.00. The topological polar surface area (TPSA) is 30.5 Å². The third-order valence-electron chi connectivity index (χ3n) is 4.75. The zero-order chi connectivity index (χ0) is 12.4. The van der Waals surface area contributed by atoms with Crippen LogP contribution in [0.25, 0.3) is 0 Å². The van der Waals surface area contributed by atoms with E-state index in [1.165, 1.54) is 25.7 Å². The maximum absolute atomic E-state index is 5.99. The first-order valence-electron chi connectivity index (χ1n) is 7.30. The van der Waals surface area contributed by atoms with Crippen LogP contribution < -0.4 is 5.32 Å². The van der Waals surface area contributed by atoms with Crippen molar-refractivity contribution in [3.63, 3.8) is 0 Å². The Labute approximate surface area is 114 Å². The van der Waals surface area contributed by atoms with Crippen LogP contribution in [0.2, 0.25) is 0 Å². The monoisotopic (exact) mass is 271 g/mol. The van der Waals surface area contributed by atoms with Crippen molar-refractivity contribution in [2.45, 2.75) is 61.5 Å². The molecule has 0 aromatic rings. The molecule has 2 aliphatic heterocycles. The highest BCUT2D eigenvalue weighted by Gasteiger charge is 2.41. The molecule has 1 aliphatic carbocycles. The van der Waals surface area contributed by atoms with Gasteiger partial charge in [-0.05, 0) is 38.4 Å². The van der Waals surface area contributed by atoms with E-state index in [1.54, 1.807) is 0 Å². The van der Waals surface area contributed by atoms with Crippen LogP contribution in [0, 0.1) is 0 Å². The van der Waals surface area contributed by atoms with Gasteiger partial charge < -0.3 is 14.8 Å². The largest absolute Gasteiger partial charge is 0.378 e. The normalized spacial score (nSPS) is 44.8. The Balaban J connectivity index is 1.51. The molecular weight excluding hydrogens is 246 g/mol. The van der Waals surface area contributed by atoms with E-state index in [2.05, 4.69) is 11.6 Å². The fourth-order valence-electron chi connectivity index (χ4n) is 3.67. The maximum Gasteiger partial charge on any atom is 0.0951 e. The van der Waals surface area contributed by atoms with Crippen LogP contribution in [0.1, 0.15) is 38.5 Å². The van der Waals surface area contributed by atoms with E-state index in [4.69, 9.17) is 9.47 Å². The minimum atomic E-state index is 0.0490. The van der Waals surface area contributed by atoms with Crippen LogP contribution in [-0.4, -0.2) is 49.0 Å². The number of thioether (sulfide) groups is 1. The maximum atomic E-state index is 5.99. The van der Waals surface area contributed by atoms with Gasteiger partial charge in [0.2, 0.25) is 0 Å². The summed E-state index contributed by atoms with van der Waals surface area (Å²) >= 11 is 2.03. The van der Waals surface area contributed by atoms with Crippen molar-refractivity contribution in [1.29, 1.82) is 0 Å². The molecule has 3 aliphatic rings. The van der Waals surface area contributed by atoms with E-state index in [1.807, 2.05) is 11.8 Å². The van der Waals surface area contributed by atoms with Crippen LogP contribution in [0.4, 0.5) is 0 Å². The predicted molar refractivity (Wildman–Crippen MR) is 75.2 cm³/mol. The van der Waals surface area contributed by atoms with Gasteiger partial charge in [0.15, 0.2) is 0 Å². The second kappa shape index (κ2) is 5.70. The molecular formula is C14H25NO2S. The number of hydrogen-bond acceptors (Lipinski definition) is 4. The Morgan fingerprint density at radius 2 is 2.11 bits per heavy atom. The van der Waals surface area contributed by atoms with Gasteiger partial charge in [0.05, 0.1) is 12.2 Å². The van der Waals surface area contributed by atoms with Gasteiger partial charge in [-0.25, -0.2) is 0 Å². The SMILES string of the molecule is CSC1CCC(NC2CCOC3(CCOC3)C2)C1. The molecule has 2 saturated heterocycles. The molecule has 4 atom stereocenters. The van der Waals surface area contributed by atoms with Gasteiger partial charge in [-0.15, -0.1) is 0 Å². The first-order chi connectivity index (χ1) is 8.80. The third kappa shape index (κ3) is 2.87. The quantitative estimate of drug-likeness (QED) is 0.852. The lowest BCUT2D eigenvalue weighted by Crippen LogP contribution is -2.49. The average molecular weight is 271 g/mol. The number of rotatable bonds is 3. The van der Waals surface area contributed by atoms with Gasteiger partial charge in [-0.3, -0.25) is 0 Å². The first-order valence-corrected chi connectivity index (χ1v) is 8.59. The molecule has 3 fully saturated rings. The lowest BCUT2D eigenvalue weighted by atomic mass is 9.89. The average Bonchev–Trinajstić information content (AvgIpc) is 2.99. The lowest BCUT2D eigenvalue weighted by molar-refractivity contribution is -0.0902. The summed E-state index contributed by atoms with van der Waals surface area (Å²) in [5.74, 6) is 0. The van der Waals surface area contributed by atoms with Crippen molar-refractivity contribution in [3.05, 3.63) is 0 Å². The molecule has 2 heterocycles. The molecule has 0 radical (unpaired) electrons. The van der Waals surface area contributed by atoms with Crippen LogP contribution >= 0.6 is 11.8 Å². The van der Waals surface area contributed by atoms with E-state index in [9.17, 15) is 0 Å². The Morgan fingerprint density at radius 3 is 2.83 bits per heavy atom. The summed E-state index contributed by atoms with van der Waals surface area (Å²) in [6, 6.07) is 1.39. The number of ether oxygens (including phenoxy) is 2. The smallest absolute Gasteiger partial charge is 0.0951 e. The van der Waals surface area contributed by atoms with Gasteiger partial charge in [0, 0.05) is 37.0 Å². The zero-order valence-corrected chi connectivity index (χ0v) is 12.1. The molecule has 104 valence electrons. The Kier molecular flexibility index (Phi) is 4.18. The molecule has 0 aromatic heterocycles. The summed E-state index contributed by atoms with van der Waals surface area (Å²) in [6.07, 6.45) is 9.73. The zero-order valence-electron chi connectivity index (χ0n) is 11.3.